The minimum atomic E-state index is 0.563. The average molecular weight is 277 g/mol. The Bertz CT molecular complexity index is 441. The van der Waals surface area contributed by atoms with E-state index in [1.807, 2.05) is 31.3 Å². The van der Waals surface area contributed by atoms with Crippen molar-refractivity contribution in [2.45, 2.75) is 25.4 Å². The third-order valence-corrected chi connectivity index (χ3v) is 3.36. The highest BCUT2D eigenvalue weighted by molar-refractivity contribution is 5.78. The van der Waals surface area contributed by atoms with Crippen molar-refractivity contribution in [3.63, 3.8) is 0 Å². The van der Waals surface area contributed by atoms with E-state index in [0.29, 0.717) is 31.8 Å². The smallest absolute Gasteiger partial charge is 0.191 e. The molecule has 0 heterocycles. The van der Waals surface area contributed by atoms with Crippen LogP contribution in [0, 0.1) is 0 Å². The SMILES string of the molecule is COCCOc1ccc(CN=C(N)N(C)C2CC2)cc1. The molecule has 1 aliphatic carbocycles. The van der Waals surface area contributed by atoms with Crippen molar-refractivity contribution in [2.75, 3.05) is 27.4 Å². The fourth-order valence-corrected chi connectivity index (χ4v) is 1.87. The molecule has 0 unspecified atom stereocenters. The van der Waals surface area contributed by atoms with Gasteiger partial charge in [0.25, 0.3) is 0 Å². The van der Waals surface area contributed by atoms with Gasteiger partial charge in [-0.25, -0.2) is 4.99 Å². The number of benzene rings is 1. The summed E-state index contributed by atoms with van der Waals surface area (Å²) in [6.07, 6.45) is 2.44. The van der Waals surface area contributed by atoms with Gasteiger partial charge in [-0.05, 0) is 30.5 Å². The van der Waals surface area contributed by atoms with Crippen LogP contribution in [-0.2, 0) is 11.3 Å². The van der Waals surface area contributed by atoms with Gasteiger partial charge in [-0.2, -0.15) is 0 Å². The van der Waals surface area contributed by atoms with E-state index in [-0.39, 0.29) is 0 Å². The molecule has 1 aliphatic rings. The van der Waals surface area contributed by atoms with Crippen molar-refractivity contribution in [1.29, 1.82) is 0 Å². The number of nitrogens with two attached hydrogens (primary N) is 1. The normalized spacial score (nSPS) is 15.2. The molecule has 2 rings (SSSR count). The van der Waals surface area contributed by atoms with E-state index in [9.17, 15) is 0 Å². The number of guanidine groups is 1. The first-order valence-corrected chi connectivity index (χ1v) is 6.94. The second-order valence-electron chi connectivity index (χ2n) is 5.00. The molecule has 0 amide bonds. The second kappa shape index (κ2) is 7.14. The summed E-state index contributed by atoms with van der Waals surface area (Å²) in [6.45, 7) is 1.75. The van der Waals surface area contributed by atoms with E-state index in [2.05, 4.69) is 9.89 Å². The molecular formula is C15H23N3O2. The maximum atomic E-state index is 5.95. The highest BCUT2D eigenvalue weighted by atomic mass is 16.5. The predicted molar refractivity (Wildman–Crippen MR) is 79.9 cm³/mol. The molecule has 0 aliphatic heterocycles. The van der Waals surface area contributed by atoms with E-state index in [1.54, 1.807) is 7.11 Å². The van der Waals surface area contributed by atoms with Crippen molar-refractivity contribution >= 4 is 5.96 Å². The lowest BCUT2D eigenvalue weighted by Crippen LogP contribution is -2.35. The van der Waals surface area contributed by atoms with Gasteiger partial charge in [0, 0.05) is 20.2 Å². The number of rotatable bonds is 7. The number of hydrogen-bond acceptors (Lipinski definition) is 3. The van der Waals surface area contributed by atoms with Gasteiger partial charge in [-0.15, -0.1) is 0 Å². The summed E-state index contributed by atoms with van der Waals surface area (Å²) in [6, 6.07) is 8.50. The van der Waals surface area contributed by atoms with Crippen LogP contribution >= 0.6 is 0 Å². The Kier molecular flexibility index (Phi) is 5.24. The third-order valence-electron chi connectivity index (χ3n) is 3.36. The van der Waals surface area contributed by atoms with Crippen molar-refractivity contribution < 1.29 is 9.47 Å². The van der Waals surface area contributed by atoms with Crippen LogP contribution in [0.3, 0.4) is 0 Å². The van der Waals surface area contributed by atoms with E-state index < -0.39 is 0 Å². The third kappa shape index (κ3) is 4.42. The van der Waals surface area contributed by atoms with Gasteiger partial charge in [-0.1, -0.05) is 12.1 Å². The second-order valence-corrected chi connectivity index (χ2v) is 5.00. The molecule has 0 saturated heterocycles. The number of aliphatic imine (C=N–C) groups is 1. The number of methoxy groups -OCH3 is 1. The van der Waals surface area contributed by atoms with Gasteiger partial charge in [0.1, 0.15) is 12.4 Å². The summed E-state index contributed by atoms with van der Waals surface area (Å²) in [5.74, 6) is 1.46. The molecule has 0 bridgehead atoms. The van der Waals surface area contributed by atoms with E-state index in [4.69, 9.17) is 15.2 Å². The molecule has 1 aromatic carbocycles. The van der Waals surface area contributed by atoms with Gasteiger partial charge < -0.3 is 20.1 Å². The monoisotopic (exact) mass is 277 g/mol. The van der Waals surface area contributed by atoms with Gasteiger partial charge in [-0.3, -0.25) is 0 Å². The van der Waals surface area contributed by atoms with Crippen molar-refractivity contribution in [1.82, 2.24) is 4.90 Å². The number of nitrogens with zero attached hydrogens (tertiary/aromatic N) is 2. The van der Waals surface area contributed by atoms with Crippen LogP contribution in [0.25, 0.3) is 0 Å². The zero-order valence-electron chi connectivity index (χ0n) is 12.2. The molecule has 1 aromatic rings. The molecular weight excluding hydrogens is 254 g/mol. The molecule has 5 heteroatoms. The van der Waals surface area contributed by atoms with Crippen LogP contribution < -0.4 is 10.5 Å². The van der Waals surface area contributed by atoms with E-state index in [0.717, 1.165) is 11.3 Å². The van der Waals surface area contributed by atoms with Crippen LogP contribution in [0.4, 0.5) is 0 Å². The molecule has 1 saturated carbocycles. The first-order valence-electron chi connectivity index (χ1n) is 6.94. The molecule has 20 heavy (non-hydrogen) atoms. The fourth-order valence-electron chi connectivity index (χ4n) is 1.87. The lowest BCUT2D eigenvalue weighted by atomic mass is 10.2. The maximum Gasteiger partial charge on any atom is 0.191 e. The summed E-state index contributed by atoms with van der Waals surface area (Å²) >= 11 is 0. The molecule has 0 atom stereocenters. The fraction of sp³-hybridized carbons (Fsp3) is 0.533. The molecule has 5 nitrogen and oxygen atoms in total. The molecule has 0 radical (unpaired) electrons. The predicted octanol–water partition coefficient (Wildman–Crippen LogP) is 1.62. The van der Waals surface area contributed by atoms with E-state index >= 15 is 0 Å². The largest absolute Gasteiger partial charge is 0.491 e. The van der Waals surface area contributed by atoms with Crippen LogP contribution in [0.15, 0.2) is 29.3 Å². The lowest BCUT2D eigenvalue weighted by molar-refractivity contribution is 0.146. The quantitative estimate of drug-likeness (QED) is 0.467. The Morgan fingerprint density at radius 3 is 2.60 bits per heavy atom. The van der Waals surface area contributed by atoms with Gasteiger partial charge in [0.15, 0.2) is 5.96 Å². The zero-order valence-corrected chi connectivity index (χ0v) is 12.2. The maximum absolute atomic E-state index is 5.95. The Morgan fingerprint density at radius 1 is 1.30 bits per heavy atom. The molecule has 0 spiro atoms. The minimum Gasteiger partial charge on any atom is -0.491 e. The topological polar surface area (TPSA) is 60.1 Å². The summed E-state index contributed by atoms with van der Waals surface area (Å²) < 4.78 is 10.4. The number of ether oxygens (including phenoxy) is 2. The molecule has 1 fully saturated rings. The first-order chi connectivity index (χ1) is 9.70. The van der Waals surface area contributed by atoms with E-state index in [1.165, 1.54) is 12.8 Å². The summed E-state index contributed by atoms with van der Waals surface area (Å²) in [5, 5.41) is 0. The van der Waals surface area contributed by atoms with Crippen LogP contribution in [-0.4, -0.2) is 44.3 Å². The zero-order chi connectivity index (χ0) is 14.4. The standard InChI is InChI=1S/C15H23N3O2/c1-18(13-5-6-13)15(16)17-11-12-3-7-14(8-4-12)20-10-9-19-2/h3-4,7-8,13H,5-6,9-11H2,1-2H3,(H2,16,17). The molecule has 2 N–H and O–H groups in total. The Morgan fingerprint density at radius 2 is 2.00 bits per heavy atom. The first kappa shape index (κ1) is 14.7. The summed E-state index contributed by atoms with van der Waals surface area (Å²) in [7, 11) is 3.66. The highest BCUT2D eigenvalue weighted by Crippen LogP contribution is 2.25. The Hall–Kier alpha value is -1.75. The molecule has 110 valence electrons. The van der Waals surface area contributed by atoms with Gasteiger partial charge in [0.2, 0.25) is 0 Å². The van der Waals surface area contributed by atoms with Crippen LogP contribution in [0.1, 0.15) is 18.4 Å². The Labute approximate surface area is 120 Å². The van der Waals surface area contributed by atoms with Crippen LogP contribution in [0.2, 0.25) is 0 Å². The van der Waals surface area contributed by atoms with Crippen molar-refractivity contribution in [2.24, 2.45) is 10.7 Å². The highest BCUT2D eigenvalue weighted by Gasteiger charge is 2.27. The van der Waals surface area contributed by atoms with Gasteiger partial charge in [0.05, 0.1) is 13.2 Å². The Balaban J connectivity index is 1.82. The van der Waals surface area contributed by atoms with Gasteiger partial charge >= 0.3 is 0 Å². The van der Waals surface area contributed by atoms with Crippen LogP contribution in [0.5, 0.6) is 5.75 Å². The average Bonchev–Trinajstić information content (AvgIpc) is 3.30. The van der Waals surface area contributed by atoms with Crippen molar-refractivity contribution in [3.05, 3.63) is 29.8 Å². The number of hydrogen-bond donors (Lipinski definition) is 1. The lowest BCUT2D eigenvalue weighted by Gasteiger charge is -2.16. The minimum absolute atomic E-state index is 0.563. The molecule has 0 aromatic heterocycles. The summed E-state index contributed by atoms with van der Waals surface area (Å²) in [5.41, 5.74) is 7.08. The van der Waals surface area contributed by atoms with Crippen molar-refractivity contribution in [3.8, 4) is 5.75 Å². The summed E-state index contributed by atoms with van der Waals surface area (Å²) in [4.78, 5) is 6.48.